The number of hydrogen-bond acceptors (Lipinski definition) is 5. The van der Waals surface area contributed by atoms with Gasteiger partial charge in [-0.1, -0.05) is 25.1 Å². The summed E-state index contributed by atoms with van der Waals surface area (Å²) in [6.07, 6.45) is 0.0627. The summed E-state index contributed by atoms with van der Waals surface area (Å²) in [6.45, 7) is 3.87. The first-order valence-electron chi connectivity index (χ1n) is 12.7. The molecule has 2 aromatic carbocycles. The SMILES string of the molecule is CCCN1CCN(C(=O)N[C@@H](Cc2cc(F)cc(F)c2)[C@H](O)[C@H]2C[C@@H](Oc3ccccc3)CN2)CC1=O. The van der Waals surface area contributed by atoms with Crippen LogP contribution in [0.2, 0.25) is 0 Å². The van der Waals surface area contributed by atoms with E-state index in [9.17, 15) is 23.5 Å². The molecule has 10 heteroatoms. The Bertz CT molecular complexity index is 1050. The largest absolute Gasteiger partial charge is 0.489 e. The normalized spacial score (nSPS) is 21.6. The molecule has 0 unspecified atom stereocenters. The molecule has 2 heterocycles. The number of nitrogens with one attached hydrogen (secondary N) is 2. The molecular weight excluding hydrogens is 482 g/mol. The lowest BCUT2D eigenvalue weighted by molar-refractivity contribution is -0.134. The van der Waals surface area contributed by atoms with Crippen molar-refractivity contribution in [3.05, 3.63) is 65.7 Å². The minimum absolute atomic E-state index is 0.00766. The van der Waals surface area contributed by atoms with Crippen LogP contribution >= 0.6 is 0 Å². The van der Waals surface area contributed by atoms with Gasteiger partial charge in [-0.05, 0) is 42.7 Å². The zero-order valence-electron chi connectivity index (χ0n) is 20.9. The number of para-hydroxylation sites is 1. The number of piperazine rings is 1. The van der Waals surface area contributed by atoms with Gasteiger partial charge in [-0.25, -0.2) is 13.6 Å². The molecule has 200 valence electrons. The quantitative estimate of drug-likeness (QED) is 0.476. The van der Waals surface area contributed by atoms with Gasteiger partial charge in [0.2, 0.25) is 5.91 Å². The Balaban J connectivity index is 1.44. The first-order chi connectivity index (χ1) is 17.8. The first kappa shape index (κ1) is 26.8. The van der Waals surface area contributed by atoms with E-state index in [4.69, 9.17) is 4.74 Å². The molecule has 8 nitrogen and oxygen atoms in total. The summed E-state index contributed by atoms with van der Waals surface area (Å²) >= 11 is 0. The van der Waals surface area contributed by atoms with Gasteiger partial charge in [0.15, 0.2) is 0 Å². The molecule has 4 rings (SSSR count). The van der Waals surface area contributed by atoms with Crippen LogP contribution in [0.1, 0.15) is 25.3 Å². The van der Waals surface area contributed by atoms with E-state index in [1.54, 1.807) is 4.90 Å². The summed E-state index contributed by atoms with van der Waals surface area (Å²) in [5.41, 5.74) is 0.306. The highest BCUT2D eigenvalue weighted by Gasteiger charge is 2.37. The van der Waals surface area contributed by atoms with E-state index >= 15 is 0 Å². The Morgan fingerprint density at radius 1 is 1.19 bits per heavy atom. The Morgan fingerprint density at radius 3 is 2.59 bits per heavy atom. The second-order valence-corrected chi connectivity index (χ2v) is 9.63. The number of benzene rings is 2. The van der Waals surface area contributed by atoms with Crippen LogP contribution in [0.25, 0.3) is 0 Å². The maximum atomic E-state index is 13.9. The summed E-state index contributed by atoms with van der Waals surface area (Å²) in [4.78, 5) is 28.7. The Hall–Kier alpha value is -3.24. The van der Waals surface area contributed by atoms with Crippen LogP contribution in [-0.2, 0) is 11.2 Å². The third-order valence-electron chi connectivity index (χ3n) is 6.78. The molecule has 3 N–H and O–H groups in total. The van der Waals surface area contributed by atoms with Gasteiger partial charge in [0, 0.05) is 44.7 Å². The highest BCUT2D eigenvalue weighted by Crippen LogP contribution is 2.21. The van der Waals surface area contributed by atoms with Crippen molar-refractivity contribution in [2.45, 2.75) is 50.5 Å². The molecule has 2 aromatic rings. The van der Waals surface area contributed by atoms with Crippen LogP contribution in [0.4, 0.5) is 13.6 Å². The molecule has 2 aliphatic heterocycles. The van der Waals surface area contributed by atoms with Gasteiger partial charge < -0.3 is 30.3 Å². The molecule has 0 bridgehead atoms. The number of rotatable bonds is 9. The van der Waals surface area contributed by atoms with Crippen LogP contribution < -0.4 is 15.4 Å². The van der Waals surface area contributed by atoms with Crippen molar-refractivity contribution in [3.8, 4) is 5.75 Å². The third-order valence-corrected chi connectivity index (χ3v) is 6.78. The van der Waals surface area contributed by atoms with Crippen molar-refractivity contribution in [2.24, 2.45) is 0 Å². The lowest BCUT2D eigenvalue weighted by Crippen LogP contribution is -2.59. The number of amides is 3. The molecule has 0 saturated carbocycles. The molecular formula is C27H34F2N4O4. The van der Waals surface area contributed by atoms with Crippen molar-refractivity contribution in [2.75, 3.05) is 32.7 Å². The van der Waals surface area contributed by atoms with Gasteiger partial charge in [0.25, 0.3) is 0 Å². The molecule has 0 radical (unpaired) electrons. The van der Waals surface area contributed by atoms with Gasteiger partial charge in [-0.3, -0.25) is 4.79 Å². The molecule has 0 spiro atoms. The van der Waals surface area contributed by atoms with Crippen LogP contribution in [0.5, 0.6) is 5.75 Å². The van der Waals surface area contributed by atoms with Gasteiger partial charge in [0.1, 0.15) is 30.0 Å². The topological polar surface area (TPSA) is 94.1 Å². The number of aliphatic hydroxyl groups excluding tert-OH is 1. The first-order valence-corrected chi connectivity index (χ1v) is 12.7. The molecule has 2 fully saturated rings. The molecule has 37 heavy (non-hydrogen) atoms. The van der Waals surface area contributed by atoms with E-state index < -0.39 is 35.9 Å². The van der Waals surface area contributed by atoms with E-state index in [0.717, 1.165) is 18.2 Å². The van der Waals surface area contributed by atoms with Crippen molar-refractivity contribution in [1.82, 2.24) is 20.4 Å². The standard InChI is InChI=1S/C27H34F2N4O4/c1-2-8-32-9-10-33(17-25(32)34)27(36)31-24(13-18-11-19(28)14-20(29)12-18)26(35)23-15-22(16-30-23)37-21-6-4-3-5-7-21/h3-7,11-12,14,22-24,26,30,35H,2,8-10,13,15-17H2,1H3,(H,31,36)/t22-,23-,24+,26-/m1/s1. The minimum atomic E-state index is -1.07. The monoisotopic (exact) mass is 516 g/mol. The van der Waals surface area contributed by atoms with Crippen molar-refractivity contribution < 1.29 is 28.2 Å². The zero-order valence-corrected chi connectivity index (χ0v) is 20.9. The van der Waals surface area contributed by atoms with Crippen molar-refractivity contribution >= 4 is 11.9 Å². The Labute approximate surface area is 215 Å². The number of aliphatic hydroxyl groups is 1. The highest BCUT2D eigenvalue weighted by atomic mass is 19.1. The second kappa shape index (κ2) is 12.3. The van der Waals surface area contributed by atoms with E-state index in [2.05, 4.69) is 10.6 Å². The fourth-order valence-electron chi connectivity index (χ4n) is 4.93. The van der Waals surface area contributed by atoms with Crippen LogP contribution in [0, 0.1) is 11.6 Å². The Morgan fingerprint density at radius 2 is 1.92 bits per heavy atom. The number of ether oxygens (including phenoxy) is 1. The maximum Gasteiger partial charge on any atom is 0.318 e. The fraction of sp³-hybridized carbons (Fsp3) is 0.481. The third kappa shape index (κ3) is 7.17. The van der Waals surface area contributed by atoms with Crippen molar-refractivity contribution in [3.63, 3.8) is 0 Å². The number of carbonyl (C=O) groups is 2. The molecule has 0 aliphatic carbocycles. The Kier molecular flexibility index (Phi) is 8.94. The highest BCUT2D eigenvalue weighted by molar-refractivity contribution is 5.85. The van der Waals surface area contributed by atoms with Gasteiger partial charge >= 0.3 is 6.03 Å². The zero-order chi connectivity index (χ0) is 26.4. The summed E-state index contributed by atoms with van der Waals surface area (Å²) in [6, 6.07) is 10.7. The van der Waals surface area contributed by atoms with E-state index in [-0.39, 0.29) is 25.0 Å². The lowest BCUT2D eigenvalue weighted by atomic mass is 9.95. The summed E-state index contributed by atoms with van der Waals surface area (Å²) in [7, 11) is 0. The van der Waals surface area contributed by atoms with E-state index in [1.165, 1.54) is 17.0 Å². The fourth-order valence-corrected chi connectivity index (χ4v) is 4.93. The molecule has 2 saturated heterocycles. The van der Waals surface area contributed by atoms with Gasteiger partial charge in [0.05, 0.1) is 12.1 Å². The number of halogens is 2. The van der Waals surface area contributed by atoms with Gasteiger partial charge in [-0.15, -0.1) is 0 Å². The minimum Gasteiger partial charge on any atom is -0.489 e. The summed E-state index contributed by atoms with van der Waals surface area (Å²) < 4.78 is 33.7. The maximum absolute atomic E-state index is 13.9. The number of hydrogen-bond donors (Lipinski definition) is 3. The predicted octanol–water partition coefficient (Wildman–Crippen LogP) is 2.31. The average Bonchev–Trinajstić information content (AvgIpc) is 3.33. The average molecular weight is 517 g/mol. The van der Waals surface area contributed by atoms with Crippen LogP contribution in [-0.4, -0.2) is 83.9 Å². The van der Waals surface area contributed by atoms with E-state index in [0.29, 0.717) is 38.2 Å². The summed E-state index contributed by atoms with van der Waals surface area (Å²) in [5, 5.41) is 17.4. The lowest BCUT2D eigenvalue weighted by Gasteiger charge is -2.36. The van der Waals surface area contributed by atoms with Crippen LogP contribution in [0.3, 0.4) is 0 Å². The number of carbonyl (C=O) groups excluding carboxylic acids is 2. The smallest absolute Gasteiger partial charge is 0.318 e. The molecule has 0 aromatic heterocycles. The predicted molar refractivity (Wildman–Crippen MR) is 134 cm³/mol. The number of urea groups is 1. The van der Waals surface area contributed by atoms with Gasteiger partial charge in [-0.2, -0.15) is 0 Å². The van der Waals surface area contributed by atoms with E-state index in [1.807, 2.05) is 37.3 Å². The van der Waals surface area contributed by atoms with Crippen molar-refractivity contribution in [1.29, 1.82) is 0 Å². The summed E-state index contributed by atoms with van der Waals surface area (Å²) in [5.74, 6) is -0.882. The molecule has 3 amide bonds. The molecule has 4 atom stereocenters. The number of nitrogens with zero attached hydrogens (tertiary/aromatic N) is 2. The second-order valence-electron chi connectivity index (χ2n) is 9.63. The van der Waals surface area contributed by atoms with Crippen LogP contribution in [0.15, 0.2) is 48.5 Å². The molecule has 2 aliphatic rings.